The second-order valence-electron chi connectivity index (χ2n) is 6.18. The molecule has 1 fully saturated rings. The highest BCUT2D eigenvalue weighted by molar-refractivity contribution is 5.83. The van der Waals surface area contributed by atoms with Gasteiger partial charge in [0.15, 0.2) is 0 Å². The van der Waals surface area contributed by atoms with Crippen molar-refractivity contribution < 1.29 is 9.84 Å². The first kappa shape index (κ1) is 14.5. The quantitative estimate of drug-likeness (QED) is 0.907. The third-order valence-corrected chi connectivity index (χ3v) is 4.48. The Labute approximate surface area is 125 Å². The van der Waals surface area contributed by atoms with Crippen molar-refractivity contribution in [2.75, 3.05) is 19.8 Å². The summed E-state index contributed by atoms with van der Waals surface area (Å²) in [7, 11) is 0. The van der Waals surface area contributed by atoms with Crippen LogP contribution in [0, 0.1) is 0 Å². The first-order valence-corrected chi connectivity index (χ1v) is 7.66. The Morgan fingerprint density at radius 3 is 2.62 bits per heavy atom. The highest BCUT2D eigenvalue weighted by Gasteiger charge is 2.27. The number of hydrogen-bond donors (Lipinski definition) is 2. The molecular weight excluding hydrogens is 262 g/mol. The number of benzene rings is 2. The number of hydrogen-bond acceptors (Lipinski definition) is 3. The summed E-state index contributed by atoms with van der Waals surface area (Å²) in [5, 5.41) is 16.3. The number of ether oxygens (including phenoxy) is 1. The van der Waals surface area contributed by atoms with Gasteiger partial charge in [-0.3, -0.25) is 0 Å². The molecule has 1 atom stereocenters. The monoisotopic (exact) mass is 285 g/mol. The van der Waals surface area contributed by atoms with Crippen LogP contribution in [0.1, 0.15) is 31.4 Å². The van der Waals surface area contributed by atoms with Crippen molar-refractivity contribution in [2.24, 2.45) is 0 Å². The van der Waals surface area contributed by atoms with E-state index in [0.29, 0.717) is 6.54 Å². The zero-order chi connectivity index (χ0) is 14.7. The Hall–Kier alpha value is -1.42. The van der Waals surface area contributed by atoms with Crippen molar-refractivity contribution in [2.45, 2.75) is 31.4 Å². The Morgan fingerprint density at radius 1 is 1.14 bits per heavy atom. The van der Waals surface area contributed by atoms with Gasteiger partial charge in [-0.1, -0.05) is 36.4 Å². The molecule has 0 bridgehead atoms. The molecule has 112 valence electrons. The molecule has 0 aromatic heterocycles. The van der Waals surface area contributed by atoms with E-state index in [9.17, 15) is 5.11 Å². The van der Waals surface area contributed by atoms with Crippen LogP contribution in [-0.2, 0) is 4.74 Å². The molecule has 2 aromatic rings. The SMILES string of the molecule is CC1(NCC(O)c2ccc3ccccc3c2)CCOCC1. The standard InChI is InChI=1S/C18H23NO2/c1-18(8-10-21-11-9-18)19-13-17(20)16-7-6-14-4-2-3-5-15(14)12-16/h2-7,12,17,19-20H,8-11,13H2,1H3. The van der Waals surface area contributed by atoms with Gasteiger partial charge in [0.25, 0.3) is 0 Å². The molecule has 0 spiro atoms. The second-order valence-corrected chi connectivity index (χ2v) is 6.18. The van der Waals surface area contributed by atoms with Crippen molar-refractivity contribution in [3.63, 3.8) is 0 Å². The largest absolute Gasteiger partial charge is 0.387 e. The fourth-order valence-corrected chi connectivity index (χ4v) is 2.87. The second kappa shape index (κ2) is 6.14. The van der Waals surface area contributed by atoms with Crippen molar-refractivity contribution in [3.05, 3.63) is 48.0 Å². The number of rotatable bonds is 4. The fraction of sp³-hybridized carbons (Fsp3) is 0.444. The highest BCUT2D eigenvalue weighted by atomic mass is 16.5. The third kappa shape index (κ3) is 3.43. The molecule has 0 radical (unpaired) electrons. The van der Waals surface area contributed by atoms with E-state index in [1.54, 1.807) is 0 Å². The number of nitrogens with one attached hydrogen (secondary N) is 1. The summed E-state index contributed by atoms with van der Waals surface area (Å²) in [4.78, 5) is 0. The van der Waals surface area contributed by atoms with Crippen LogP contribution < -0.4 is 5.32 Å². The summed E-state index contributed by atoms with van der Waals surface area (Å²) < 4.78 is 5.40. The van der Waals surface area contributed by atoms with Gasteiger partial charge in [-0.2, -0.15) is 0 Å². The lowest BCUT2D eigenvalue weighted by molar-refractivity contribution is 0.0388. The van der Waals surface area contributed by atoms with Crippen LogP contribution in [0.2, 0.25) is 0 Å². The number of aliphatic hydroxyl groups excluding tert-OH is 1. The summed E-state index contributed by atoms with van der Waals surface area (Å²) in [6.07, 6.45) is 1.52. The van der Waals surface area contributed by atoms with Gasteiger partial charge in [0.05, 0.1) is 6.10 Å². The van der Waals surface area contributed by atoms with Crippen molar-refractivity contribution in [1.82, 2.24) is 5.32 Å². The van der Waals surface area contributed by atoms with E-state index in [1.165, 1.54) is 10.8 Å². The van der Waals surface area contributed by atoms with Gasteiger partial charge in [-0.15, -0.1) is 0 Å². The molecule has 2 N–H and O–H groups in total. The molecule has 3 heteroatoms. The topological polar surface area (TPSA) is 41.5 Å². The molecule has 2 aromatic carbocycles. The normalized spacial score (nSPS) is 19.5. The van der Waals surface area contributed by atoms with E-state index in [4.69, 9.17) is 4.74 Å². The van der Waals surface area contributed by atoms with Gasteiger partial charge in [0, 0.05) is 25.3 Å². The van der Waals surface area contributed by atoms with E-state index < -0.39 is 6.10 Å². The highest BCUT2D eigenvalue weighted by Crippen LogP contribution is 2.23. The molecule has 3 rings (SSSR count). The van der Waals surface area contributed by atoms with E-state index >= 15 is 0 Å². The van der Waals surface area contributed by atoms with Crippen LogP contribution in [0.25, 0.3) is 10.8 Å². The lowest BCUT2D eigenvalue weighted by Crippen LogP contribution is -2.48. The molecule has 1 unspecified atom stereocenters. The number of aliphatic hydroxyl groups is 1. The zero-order valence-corrected chi connectivity index (χ0v) is 12.5. The lowest BCUT2D eigenvalue weighted by Gasteiger charge is -2.35. The maximum Gasteiger partial charge on any atom is 0.0914 e. The van der Waals surface area contributed by atoms with Crippen molar-refractivity contribution in [1.29, 1.82) is 0 Å². The van der Waals surface area contributed by atoms with E-state index in [0.717, 1.165) is 31.6 Å². The Balaban J connectivity index is 1.67. The van der Waals surface area contributed by atoms with Gasteiger partial charge in [-0.25, -0.2) is 0 Å². The van der Waals surface area contributed by atoms with Gasteiger partial charge in [0.1, 0.15) is 0 Å². The molecule has 0 aliphatic carbocycles. The van der Waals surface area contributed by atoms with Crippen LogP contribution in [0.15, 0.2) is 42.5 Å². The Bertz CT molecular complexity index is 605. The summed E-state index contributed by atoms with van der Waals surface area (Å²) >= 11 is 0. The van der Waals surface area contributed by atoms with Crippen molar-refractivity contribution in [3.8, 4) is 0 Å². The molecule has 1 heterocycles. The Morgan fingerprint density at radius 2 is 1.86 bits per heavy atom. The minimum Gasteiger partial charge on any atom is -0.387 e. The summed E-state index contributed by atoms with van der Waals surface area (Å²) in [6, 6.07) is 14.4. The minimum atomic E-state index is -0.478. The first-order chi connectivity index (χ1) is 10.2. The first-order valence-electron chi connectivity index (χ1n) is 7.66. The predicted octanol–water partition coefficient (Wildman–Crippen LogP) is 3.03. The average molecular weight is 285 g/mol. The van der Waals surface area contributed by atoms with Crippen LogP contribution in [0.3, 0.4) is 0 Å². The van der Waals surface area contributed by atoms with Crippen LogP contribution in [0.4, 0.5) is 0 Å². The minimum absolute atomic E-state index is 0.0794. The van der Waals surface area contributed by atoms with E-state index in [-0.39, 0.29) is 5.54 Å². The van der Waals surface area contributed by atoms with Gasteiger partial charge in [0.2, 0.25) is 0 Å². The third-order valence-electron chi connectivity index (χ3n) is 4.48. The van der Waals surface area contributed by atoms with Crippen LogP contribution >= 0.6 is 0 Å². The van der Waals surface area contributed by atoms with Gasteiger partial charge >= 0.3 is 0 Å². The molecule has 0 saturated carbocycles. The van der Waals surface area contributed by atoms with Gasteiger partial charge in [-0.05, 0) is 42.2 Å². The molecule has 1 aliphatic rings. The number of β-amino-alcohol motifs (C(OH)–C–C–N with tert-alkyl or cyclic N) is 1. The molecule has 1 aliphatic heterocycles. The van der Waals surface area contributed by atoms with Crippen LogP contribution in [0.5, 0.6) is 0 Å². The van der Waals surface area contributed by atoms with Crippen molar-refractivity contribution >= 4 is 10.8 Å². The summed E-state index contributed by atoms with van der Waals surface area (Å²) in [5.41, 5.74) is 1.05. The smallest absolute Gasteiger partial charge is 0.0914 e. The predicted molar refractivity (Wildman–Crippen MR) is 85.4 cm³/mol. The summed E-state index contributed by atoms with van der Waals surface area (Å²) in [5.74, 6) is 0. The average Bonchev–Trinajstić information content (AvgIpc) is 2.53. The lowest BCUT2D eigenvalue weighted by atomic mass is 9.92. The van der Waals surface area contributed by atoms with E-state index in [2.05, 4.69) is 36.5 Å². The Kier molecular flexibility index (Phi) is 4.24. The maximum atomic E-state index is 10.4. The molecular formula is C18H23NO2. The van der Waals surface area contributed by atoms with Gasteiger partial charge < -0.3 is 15.2 Å². The number of fused-ring (bicyclic) bond motifs is 1. The zero-order valence-electron chi connectivity index (χ0n) is 12.5. The molecule has 1 saturated heterocycles. The maximum absolute atomic E-state index is 10.4. The van der Waals surface area contributed by atoms with E-state index in [1.807, 2.05) is 18.2 Å². The molecule has 21 heavy (non-hydrogen) atoms. The molecule has 3 nitrogen and oxygen atoms in total. The molecule has 0 amide bonds. The summed E-state index contributed by atoms with van der Waals surface area (Å²) in [6.45, 7) is 4.39. The van der Waals surface area contributed by atoms with Crippen LogP contribution in [-0.4, -0.2) is 30.4 Å². The fourth-order valence-electron chi connectivity index (χ4n) is 2.87.